The minimum absolute atomic E-state index is 0.153. The van der Waals surface area contributed by atoms with Crippen molar-refractivity contribution >= 4 is 11.6 Å². The van der Waals surface area contributed by atoms with Crippen molar-refractivity contribution in [3.05, 3.63) is 59.7 Å². The highest BCUT2D eigenvalue weighted by Gasteiger charge is 2.15. The lowest BCUT2D eigenvalue weighted by molar-refractivity contribution is -0.122. The molecule has 0 saturated carbocycles. The normalized spacial score (nSPS) is 12.0. The molecule has 0 radical (unpaired) electrons. The van der Waals surface area contributed by atoms with E-state index in [0.717, 1.165) is 36.6 Å². The third-order valence-electron chi connectivity index (χ3n) is 4.29. The van der Waals surface area contributed by atoms with Crippen LogP contribution >= 0.6 is 0 Å². The predicted molar refractivity (Wildman–Crippen MR) is 103 cm³/mol. The van der Waals surface area contributed by atoms with Crippen LogP contribution in [0.3, 0.4) is 0 Å². The van der Waals surface area contributed by atoms with E-state index in [-0.39, 0.29) is 5.91 Å². The van der Waals surface area contributed by atoms with E-state index in [1.165, 1.54) is 5.56 Å². The molecule has 0 fully saturated rings. The number of nitrogens with zero attached hydrogens (tertiary/aromatic N) is 1. The molecule has 0 aliphatic carbocycles. The molecule has 2 aromatic rings. The fourth-order valence-corrected chi connectivity index (χ4v) is 2.58. The van der Waals surface area contributed by atoms with Gasteiger partial charge >= 0.3 is 0 Å². The minimum atomic E-state index is -0.559. The van der Waals surface area contributed by atoms with E-state index < -0.39 is 6.10 Å². The van der Waals surface area contributed by atoms with Gasteiger partial charge < -0.3 is 10.1 Å². The van der Waals surface area contributed by atoms with Crippen LogP contribution in [0.25, 0.3) is 0 Å². The van der Waals surface area contributed by atoms with E-state index in [0.29, 0.717) is 0 Å². The average molecular weight is 340 g/mol. The van der Waals surface area contributed by atoms with Crippen LogP contribution in [0.4, 0.5) is 5.69 Å². The molecule has 0 aliphatic heterocycles. The highest BCUT2D eigenvalue weighted by atomic mass is 16.5. The Bertz CT molecular complexity index is 679. The molecular formula is C21H28N2O2. The summed E-state index contributed by atoms with van der Waals surface area (Å²) in [5.41, 5.74) is 3.04. The summed E-state index contributed by atoms with van der Waals surface area (Å²) in [6.07, 6.45) is -0.559. The first-order valence-corrected chi connectivity index (χ1v) is 8.88. The van der Waals surface area contributed by atoms with Crippen LogP contribution in [0.5, 0.6) is 5.75 Å². The van der Waals surface area contributed by atoms with Crippen LogP contribution in [0.1, 0.15) is 31.9 Å². The molecular weight excluding hydrogens is 312 g/mol. The Morgan fingerprint density at radius 3 is 2.32 bits per heavy atom. The topological polar surface area (TPSA) is 41.6 Å². The van der Waals surface area contributed by atoms with Gasteiger partial charge in [0.25, 0.3) is 5.91 Å². The fourth-order valence-electron chi connectivity index (χ4n) is 2.58. The molecule has 4 heteroatoms. The van der Waals surface area contributed by atoms with Gasteiger partial charge in [0.1, 0.15) is 5.75 Å². The Morgan fingerprint density at radius 1 is 1.08 bits per heavy atom. The number of para-hydroxylation sites is 1. The third kappa shape index (κ3) is 5.61. The Kier molecular flexibility index (Phi) is 7.02. The molecule has 0 spiro atoms. The maximum Gasteiger partial charge on any atom is 0.265 e. The molecule has 1 unspecified atom stereocenters. The summed E-state index contributed by atoms with van der Waals surface area (Å²) in [5, 5.41) is 2.91. The van der Waals surface area contributed by atoms with Gasteiger partial charge in [-0.3, -0.25) is 9.69 Å². The third-order valence-corrected chi connectivity index (χ3v) is 4.29. The Hall–Kier alpha value is -2.33. The molecule has 134 valence electrons. The molecule has 2 aromatic carbocycles. The van der Waals surface area contributed by atoms with Crippen LogP contribution in [0.15, 0.2) is 48.5 Å². The zero-order valence-electron chi connectivity index (χ0n) is 15.6. The largest absolute Gasteiger partial charge is 0.481 e. The first-order chi connectivity index (χ1) is 12.0. The number of rotatable bonds is 8. The maximum atomic E-state index is 12.3. The number of hydrogen-bond acceptors (Lipinski definition) is 3. The number of benzene rings is 2. The molecule has 1 amide bonds. The number of ether oxygens (including phenoxy) is 1. The van der Waals surface area contributed by atoms with Gasteiger partial charge in [0.15, 0.2) is 6.10 Å². The molecule has 2 rings (SSSR count). The molecule has 4 nitrogen and oxygen atoms in total. The van der Waals surface area contributed by atoms with Crippen LogP contribution in [0, 0.1) is 6.92 Å². The first-order valence-electron chi connectivity index (χ1n) is 8.88. The summed E-state index contributed by atoms with van der Waals surface area (Å²) in [6.45, 7) is 11.0. The summed E-state index contributed by atoms with van der Waals surface area (Å²) in [4.78, 5) is 14.7. The standard InChI is InChI=1S/C21H28N2O2/c1-5-23(6-2)15-18-11-13-19(14-12-18)22-21(24)17(4)25-20-10-8-7-9-16(20)3/h7-14,17H,5-6,15H2,1-4H3,(H,22,24). The van der Waals surface area contributed by atoms with Crippen LogP contribution in [-0.4, -0.2) is 30.0 Å². The van der Waals surface area contributed by atoms with Crippen LogP contribution < -0.4 is 10.1 Å². The van der Waals surface area contributed by atoms with Gasteiger partial charge in [-0.15, -0.1) is 0 Å². The molecule has 0 bridgehead atoms. The van der Waals surface area contributed by atoms with Gasteiger partial charge in [0.05, 0.1) is 0 Å². The van der Waals surface area contributed by atoms with E-state index in [9.17, 15) is 4.79 Å². The summed E-state index contributed by atoms with van der Waals surface area (Å²) in [6, 6.07) is 15.7. The number of carbonyl (C=O) groups is 1. The molecule has 1 N–H and O–H groups in total. The van der Waals surface area contributed by atoms with Gasteiger partial charge in [0.2, 0.25) is 0 Å². The zero-order valence-corrected chi connectivity index (χ0v) is 15.6. The Balaban J connectivity index is 1.92. The minimum Gasteiger partial charge on any atom is -0.481 e. The van der Waals surface area contributed by atoms with Gasteiger partial charge in [-0.25, -0.2) is 0 Å². The van der Waals surface area contributed by atoms with E-state index in [1.54, 1.807) is 6.92 Å². The van der Waals surface area contributed by atoms with Crippen molar-refractivity contribution in [2.45, 2.75) is 40.3 Å². The molecule has 0 aliphatic rings. The number of anilines is 1. The lowest BCUT2D eigenvalue weighted by Gasteiger charge is -2.18. The zero-order chi connectivity index (χ0) is 18.2. The average Bonchev–Trinajstić information content (AvgIpc) is 2.62. The van der Waals surface area contributed by atoms with E-state index in [2.05, 4.69) is 36.2 Å². The van der Waals surface area contributed by atoms with Crippen molar-refractivity contribution in [3.63, 3.8) is 0 Å². The molecule has 0 aromatic heterocycles. The van der Waals surface area contributed by atoms with Crippen LogP contribution in [0.2, 0.25) is 0 Å². The summed E-state index contributed by atoms with van der Waals surface area (Å²) >= 11 is 0. The van der Waals surface area contributed by atoms with Gasteiger partial charge in [-0.2, -0.15) is 0 Å². The number of carbonyl (C=O) groups excluding carboxylic acids is 1. The summed E-state index contributed by atoms with van der Waals surface area (Å²) in [7, 11) is 0. The second-order valence-corrected chi connectivity index (χ2v) is 6.17. The lowest BCUT2D eigenvalue weighted by Crippen LogP contribution is -2.30. The van der Waals surface area contributed by atoms with Crippen molar-refractivity contribution in [2.24, 2.45) is 0 Å². The van der Waals surface area contributed by atoms with Crippen molar-refractivity contribution in [2.75, 3.05) is 18.4 Å². The predicted octanol–water partition coefficient (Wildman–Crippen LogP) is 4.24. The Morgan fingerprint density at radius 2 is 1.72 bits per heavy atom. The number of aryl methyl sites for hydroxylation is 1. The smallest absolute Gasteiger partial charge is 0.265 e. The lowest BCUT2D eigenvalue weighted by atomic mass is 10.2. The highest BCUT2D eigenvalue weighted by molar-refractivity contribution is 5.94. The quantitative estimate of drug-likeness (QED) is 0.781. The summed E-state index contributed by atoms with van der Waals surface area (Å²) < 4.78 is 5.77. The van der Waals surface area contributed by atoms with Gasteiger partial charge in [-0.05, 0) is 56.3 Å². The summed E-state index contributed by atoms with van der Waals surface area (Å²) in [5.74, 6) is 0.583. The van der Waals surface area contributed by atoms with Crippen molar-refractivity contribution in [3.8, 4) is 5.75 Å². The van der Waals surface area contributed by atoms with Gasteiger partial charge in [-0.1, -0.05) is 44.2 Å². The van der Waals surface area contributed by atoms with Crippen LogP contribution in [-0.2, 0) is 11.3 Å². The van der Waals surface area contributed by atoms with E-state index >= 15 is 0 Å². The second kappa shape index (κ2) is 9.23. The molecule has 0 heterocycles. The number of nitrogens with one attached hydrogen (secondary N) is 1. The first kappa shape index (κ1) is 19.0. The number of hydrogen-bond donors (Lipinski definition) is 1. The van der Waals surface area contributed by atoms with E-state index in [4.69, 9.17) is 4.74 Å². The van der Waals surface area contributed by atoms with E-state index in [1.807, 2.05) is 43.3 Å². The second-order valence-electron chi connectivity index (χ2n) is 6.17. The van der Waals surface area contributed by atoms with Crippen molar-refractivity contribution in [1.82, 2.24) is 4.90 Å². The monoisotopic (exact) mass is 340 g/mol. The maximum absolute atomic E-state index is 12.3. The molecule has 0 saturated heterocycles. The SMILES string of the molecule is CCN(CC)Cc1ccc(NC(=O)C(C)Oc2ccccc2C)cc1. The number of amides is 1. The van der Waals surface area contributed by atoms with Crippen molar-refractivity contribution in [1.29, 1.82) is 0 Å². The fraction of sp³-hybridized carbons (Fsp3) is 0.381. The molecule has 25 heavy (non-hydrogen) atoms. The Labute approximate surface area is 150 Å². The van der Waals surface area contributed by atoms with Gasteiger partial charge in [0, 0.05) is 12.2 Å². The molecule has 1 atom stereocenters. The van der Waals surface area contributed by atoms with Crippen molar-refractivity contribution < 1.29 is 9.53 Å². The highest BCUT2D eigenvalue weighted by Crippen LogP contribution is 2.18.